The van der Waals surface area contributed by atoms with Crippen LogP contribution >= 0.6 is 0 Å². The van der Waals surface area contributed by atoms with Gasteiger partial charge in [0.15, 0.2) is 0 Å². The molecule has 1 atom stereocenters. The fraction of sp³-hybridized carbons (Fsp3) is 0.684. The van der Waals surface area contributed by atoms with E-state index in [1.807, 2.05) is 24.2 Å². The summed E-state index contributed by atoms with van der Waals surface area (Å²) in [6.07, 6.45) is 7.21. The van der Waals surface area contributed by atoms with Gasteiger partial charge >= 0.3 is 0 Å². The Balaban J connectivity index is 1.41. The van der Waals surface area contributed by atoms with E-state index in [-0.39, 0.29) is 5.92 Å². The molecule has 5 heteroatoms. The number of carbonyl (C=O) groups is 1. The van der Waals surface area contributed by atoms with Crippen molar-refractivity contribution in [3.63, 3.8) is 0 Å². The molecule has 1 aromatic rings. The van der Waals surface area contributed by atoms with Crippen molar-refractivity contribution < 1.29 is 4.79 Å². The summed E-state index contributed by atoms with van der Waals surface area (Å²) in [5.41, 5.74) is 1.16. The van der Waals surface area contributed by atoms with E-state index < -0.39 is 0 Å². The van der Waals surface area contributed by atoms with Crippen LogP contribution in [0.2, 0.25) is 0 Å². The Labute approximate surface area is 145 Å². The van der Waals surface area contributed by atoms with E-state index >= 15 is 0 Å². The summed E-state index contributed by atoms with van der Waals surface area (Å²) in [6.45, 7) is 5.14. The Bertz CT molecular complexity index is 507. The fourth-order valence-corrected chi connectivity index (χ4v) is 3.88. The second-order valence-corrected chi connectivity index (χ2v) is 7.14. The monoisotopic (exact) mass is 330 g/mol. The fourth-order valence-electron chi connectivity index (χ4n) is 3.88. The van der Waals surface area contributed by atoms with Gasteiger partial charge < -0.3 is 15.1 Å². The van der Waals surface area contributed by atoms with Crippen LogP contribution in [0.3, 0.4) is 0 Å². The molecule has 3 rings (SSSR count). The van der Waals surface area contributed by atoms with Gasteiger partial charge in [-0.2, -0.15) is 0 Å². The molecular weight excluding hydrogens is 300 g/mol. The summed E-state index contributed by atoms with van der Waals surface area (Å²) in [5, 5.41) is 3.35. The van der Waals surface area contributed by atoms with E-state index in [1.54, 1.807) is 0 Å². The van der Waals surface area contributed by atoms with Crippen LogP contribution in [0.15, 0.2) is 24.4 Å². The van der Waals surface area contributed by atoms with Crippen LogP contribution in [0.25, 0.3) is 0 Å². The van der Waals surface area contributed by atoms with Crippen molar-refractivity contribution >= 4 is 5.91 Å². The number of hydrogen-bond acceptors (Lipinski definition) is 4. The maximum Gasteiger partial charge on any atom is 0.226 e. The summed E-state index contributed by atoms with van der Waals surface area (Å²) in [5.74, 6) is 0.528. The van der Waals surface area contributed by atoms with E-state index in [4.69, 9.17) is 0 Å². The molecule has 2 aliphatic rings. The molecule has 1 amide bonds. The van der Waals surface area contributed by atoms with Gasteiger partial charge in [-0.15, -0.1) is 0 Å². The molecule has 0 spiro atoms. The van der Waals surface area contributed by atoms with Crippen molar-refractivity contribution in [3.05, 3.63) is 30.1 Å². The molecule has 0 radical (unpaired) electrons. The number of carbonyl (C=O) groups excluding carboxylic acids is 1. The van der Waals surface area contributed by atoms with Crippen molar-refractivity contribution in [3.8, 4) is 0 Å². The number of likely N-dealkylation sites (tertiary alicyclic amines) is 1. The zero-order valence-corrected chi connectivity index (χ0v) is 14.8. The Hall–Kier alpha value is -1.46. The van der Waals surface area contributed by atoms with Crippen LogP contribution in [0.4, 0.5) is 0 Å². The van der Waals surface area contributed by atoms with Crippen LogP contribution in [0.5, 0.6) is 0 Å². The highest BCUT2D eigenvalue weighted by Gasteiger charge is 2.30. The Kier molecular flexibility index (Phi) is 6.21. The van der Waals surface area contributed by atoms with E-state index in [9.17, 15) is 4.79 Å². The minimum Gasteiger partial charge on any atom is -0.342 e. The zero-order chi connectivity index (χ0) is 16.8. The first-order valence-corrected chi connectivity index (χ1v) is 9.33. The molecule has 132 valence electrons. The number of rotatable bonds is 5. The largest absolute Gasteiger partial charge is 0.342 e. The standard InChI is InChI=1S/C19H30N4O/c1-22(19(24)16-5-4-10-20-15-16)18-8-13-23(14-9-18)12-7-17-6-2-3-11-21-17/h2-3,6,11,16,18,20H,4-5,7-10,12-15H2,1H3. The van der Waals surface area contributed by atoms with Crippen molar-refractivity contribution in [1.29, 1.82) is 0 Å². The lowest BCUT2D eigenvalue weighted by atomic mass is 9.96. The molecule has 2 aliphatic heterocycles. The number of aromatic nitrogens is 1. The molecule has 1 aromatic heterocycles. The third kappa shape index (κ3) is 4.54. The van der Waals surface area contributed by atoms with E-state index in [1.165, 1.54) is 0 Å². The summed E-state index contributed by atoms with van der Waals surface area (Å²) >= 11 is 0. The highest BCUT2D eigenvalue weighted by molar-refractivity contribution is 5.79. The number of nitrogens with zero attached hydrogens (tertiary/aromatic N) is 3. The molecule has 1 unspecified atom stereocenters. The number of pyridine rings is 1. The van der Waals surface area contributed by atoms with E-state index in [0.717, 1.165) is 70.5 Å². The van der Waals surface area contributed by atoms with Gasteiger partial charge in [0.25, 0.3) is 0 Å². The highest BCUT2D eigenvalue weighted by atomic mass is 16.2. The minimum absolute atomic E-state index is 0.186. The van der Waals surface area contributed by atoms with Gasteiger partial charge in [0.05, 0.1) is 5.92 Å². The van der Waals surface area contributed by atoms with Gasteiger partial charge in [0.1, 0.15) is 0 Å². The molecule has 2 saturated heterocycles. The molecule has 5 nitrogen and oxygen atoms in total. The minimum atomic E-state index is 0.186. The Morgan fingerprint density at radius 2 is 2.17 bits per heavy atom. The third-order valence-electron chi connectivity index (χ3n) is 5.51. The SMILES string of the molecule is CN(C(=O)C1CCCNC1)C1CCN(CCc2ccccn2)CC1. The normalized spacial score (nSPS) is 23.1. The van der Waals surface area contributed by atoms with Gasteiger partial charge in [0.2, 0.25) is 5.91 Å². The molecular formula is C19H30N4O. The molecule has 0 bridgehead atoms. The third-order valence-corrected chi connectivity index (χ3v) is 5.51. The lowest BCUT2D eigenvalue weighted by molar-refractivity contribution is -0.137. The van der Waals surface area contributed by atoms with Gasteiger partial charge in [0, 0.05) is 57.6 Å². The summed E-state index contributed by atoms with van der Waals surface area (Å²) in [7, 11) is 2.01. The maximum atomic E-state index is 12.7. The van der Waals surface area contributed by atoms with E-state index in [0.29, 0.717) is 11.9 Å². The van der Waals surface area contributed by atoms with Gasteiger partial charge in [-0.05, 0) is 44.4 Å². The number of hydrogen-bond donors (Lipinski definition) is 1. The summed E-state index contributed by atoms with van der Waals surface area (Å²) in [6, 6.07) is 6.52. The van der Waals surface area contributed by atoms with Crippen molar-refractivity contribution in [2.24, 2.45) is 5.92 Å². The van der Waals surface area contributed by atoms with E-state index in [2.05, 4.69) is 27.3 Å². The Morgan fingerprint density at radius 1 is 1.33 bits per heavy atom. The molecule has 3 heterocycles. The highest BCUT2D eigenvalue weighted by Crippen LogP contribution is 2.20. The topological polar surface area (TPSA) is 48.5 Å². The summed E-state index contributed by atoms with van der Waals surface area (Å²) in [4.78, 5) is 21.6. The van der Waals surface area contributed by atoms with Crippen molar-refractivity contribution in [2.75, 3.05) is 39.8 Å². The number of piperidine rings is 2. The summed E-state index contributed by atoms with van der Waals surface area (Å²) < 4.78 is 0. The predicted molar refractivity (Wildman–Crippen MR) is 95.8 cm³/mol. The van der Waals surface area contributed by atoms with Gasteiger partial charge in [-0.25, -0.2) is 0 Å². The first-order chi connectivity index (χ1) is 11.7. The molecule has 0 saturated carbocycles. The molecule has 1 N–H and O–H groups in total. The van der Waals surface area contributed by atoms with Gasteiger partial charge in [-0.3, -0.25) is 9.78 Å². The zero-order valence-electron chi connectivity index (χ0n) is 14.8. The first kappa shape index (κ1) is 17.4. The van der Waals surface area contributed by atoms with Crippen LogP contribution < -0.4 is 5.32 Å². The van der Waals surface area contributed by atoms with Gasteiger partial charge in [-0.1, -0.05) is 6.07 Å². The lowest BCUT2D eigenvalue weighted by Crippen LogP contribution is -2.49. The first-order valence-electron chi connectivity index (χ1n) is 9.33. The van der Waals surface area contributed by atoms with Crippen molar-refractivity contribution in [1.82, 2.24) is 20.1 Å². The second kappa shape index (κ2) is 8.58. The molecule has 0 aromatic carbocycles. The van der Waals surface area contributed by atoms with Crippen molar-refractivity contribution in [2.45, 2.75) is 38.1 Å². The average molecular weight is 330 g/mol. The quantitative estimate of drug-likeness (QED) is 0.890. The maximum absolute atomic E-state index is 12.7. The second-order valence-electron chi connectivity index (χ2n) is 7.14. The number of amides is 1. The number of nitrogens with one attached hydrogen (secondary N) is 1. The van der Waals surface area contributed by atoms with Crippen LogP contribution in [0.1, 0.15) is 31.4 Å². The average Bonchev–Trinajstić information content (AvgIpc) is 2.67. The van der Waals surface area contributed by atoms with Crippen LogP contribution in [0, 0.1) is 5.92 Å². The molecule has 2 fully saturated rings. The van der Waals surface area contributed by atoms with Crippen LogP contribution in [-0.2, 0) is 11.2 Å². The predicted octanol–water partition coefficient (Wildman–Crippen LogP) is 1.55. The lowest BCUT2D eigenvalue weighted by Gasteiger charge is -2.38. The Morgan fingerprint density at radius 3 is 2.83 bits per heavy atom. The smallest absolute Gasteiger partial charge is 0.226 e. The molecule has 24 heavy (non-hydrogen) atoms. The van der Waals surface area contributed by atoms with Crippen LogP contribution in [-0.4, -0.2) is 66.5 Å². The molecule has 0 aliphatic carbocycles.